The number of nitrogens with zero attached hydrogens (tertiary/aromatic N) is 6. The first kappa shape index (κ1) is 17.3. The van der Waals surface area contributed by atoms with Crippen molar-refractivity contribution in [2.24, 2.45) is 0 Å². The van der Waals surface area contributed by atoms with Crippen molar-refractivity contribution in [3.63, 3.8) is 0 Å². The molecular weight excluding hydrogens is 376 g/mol. The summed E-state index contributed by atoms with van der Waals surface area (Å²) in [4.78, 5) is 39.7. The van der Waals surface area contributed by atoms with Crippen LogP contribution in [0.15, 0.2) is 42.2 Å². The van der Waals surface area contributed by atoms with Gasteiger partial charge in [-0.2, -0.15) is 0 Å². The van der Waals surface area contributed by atoms with Crippen molar-refractivity contribution in [2.75, 3.05) is 39.3 Å². The van der Waals surface area contributed by atoms with Gasteiger partial charge in [0.25, 0.3) is 5.91 Å². The predicted molar refractivity (Wildman–Crippen MR) is 105 cm³/mol. The minimum absolute atomic E-state index is 0.0204. The number of benzene rings is 1. The lowest BCUT2D eigenvalue weighted by atomic mass is 10.1. The van der Waals surface area contributed by atoms with Gasteiger partial charge in [0.15, 0.2) is 5.01 Å². The molecule has 0 radical (unpaired) electrons. The van der Waals surface area contributed by atoms with E-state index in [1.165, 1.54) is 11.3 Å². The molecule has 0 spiro atoms. The third-order valence-electron chi connectivity index (χ3n) is 5.53. The number of hydrogen-bond acceptors (Lipinski definition) is 6. The van der Waals surface area contributed by atoms with Crippen LogP contribution in [0.25, 0.3) is 11.0 Å². The highest BCUT2D eigenvalue weighted by molar-refractivity contribution is 7.11. The number of likely N-dealkylation sites (tertiary alicyclic amines) is 1. The Hall–Kier alpha value is -2.78. The summed E-state index contributed by atoms with van der Waals surface area (Å²) in [5, 5.41) is 2.38. The lowest BCUT2D eigenvalue weighted by molar-refractivity contribution is 0.0222. The molecule has 0 saturated carbocycles. The Morgan fingerprint density at radius 2 is 1.79 bits per heavy atom. The Balaban J connectivity index is 1.16. The van der Waals surface area contributed by atoms with E-state index in [2.05, 4.69) is 14.9 Å². The number of amides is 2. The summed E-state index contributed by atoms with van der Waals surface area (Å²) < 4.78 is 1.62. The molecule has 28 heavy (non-hydrogen) atoms. The molecule has 144 valence electrons. The highest BCUT2D eigenvalue weighted by Crippen LogP contribution is 2.21. The number of imidazole rings is 1. The second-order valence-corrected chi connectivity index (χ2v) is 8.00. The van der Waals surface area contributed by atoms with E-state index in [4.69, 9.17) is 0 Å². The van der Waals surface area contributed by atoms with Crippen molar-refractivity contribution in [3.05, 3.63) is 47.2 Å². The molecule has 1 aromatic carbocycles. The van der Waals surface area contributed by atoms with E-state index in [1.807, 2.05) is 39.4 Å². The van der Waals surface area contributed by atoms with E-state index < -0.39 is 0 Å². The number of carbonyl (C=O) groups excluding carboxylic acids is 2. The van der Waals surface area contributed by atoms with Crippen LogP contribution in [0.4, 0.5) is 4.79 Å². The van der Waals surface area contributed by atoms with Crippen molar-refractivity contribution in [1.29, 1.82) is 0 Å². The number of para-hydroxylation sites is 2. The van der Waals surface area contributed by atoms with Crippen LogP contribution in [0.3, 0.4) is 0 Å². The van der Waals surface area contributed by atoms with Gasteiger partial charge in [0.05, 0.1) is 11.0 Å². The summed E-state index contributed by atoms with van der Waals surface area (Å²) in [5.74, 6) is 0.0204. The van der Waals surface area contributed by atoms with Crippen molar-refractivity contribution < 1.29 is 9.59 Å². The molecule has 2 amide bonds. The van der Waals surface area contributed by atoms with Gasteiger partial charge in [-0.25, -0.2) is 14.8 Å². The topological polar surface area (TPSA) is 74.6 Å². The number of hydrogen-bond donors (Lipinski definition) is 0. The number of aromatic nitrogens is 3. The Morgan fingerprint density at radius 3 is 2.54 bits per heavy atom. The highest BCUT2D eigenvalue weighted by atomic mass is 32.1. The fourth-order valence-electron chi connectivity index (χ4n) is 3.86. The molecule has 2 aliphatic rings. The number of thiazole rings is 1. The maximum Gasteiger partial charge on any atom is 0.330 e. The normalized spacial score (nSPS) is 18.4. The lowest BCUT2D eigenvalue weighted by Gasteiger charge is -2.47. The first-order valence-electron chi connectivity index (χ1n) is 9.35. The van der Waals surface area contributed by atoms with E-state index >= 15 is 0 Å². The number of rotatable bonds is 2. The van der Waals surface area contributed by atoms with Crippen LogP contribution in [0.5, 0.6) is 0 Å². The standard InChI is InChI=1S/C19H20N6O2S/c26-18(17-20-5-10-28-17)23-8-6-22(7-9-23)14-11-24(12-14)19(27)25-13-21-15-3-1-2-4-16(15)25/h1-5,10,13-14H,6-9,11-12H2. The van der Waals surface area contributed by atoms with Crippen LogP contribution in [-0.4, -0.2) is 86.5 Å². The highest BCUT2D eigenvalue weighted by Gasteiger charge is 2.37. The molecule has 5 rings (SSSR count). The zero-order valence-corrected chi connectivity index (χ0v) is 16.1. The van der Waals surface area contributed by atoms with Crippen LogP contribution in [0.2, 0.25) is 0 Å². The first-order chi connectivity index (χ1) is 13.7. The minimum atomic E-state index is -0.0254. The summed E-state index contributed by atoms with van der Waals surface area (Å²) in [6, 6.07) is 7.99. The van der Waals surface area contributed by atoms with E-state index in [-0.39, 0.29) is 11.9 Å². The Kier molecular flexibility index (Phi) is 4.33. The molecule has 0 N–H and O–H groups in total. The van der Waals surface area contributed by atoms with Gasteiger partial charge in [-0.1, -0.05) is 12.1 Å². The molecule has 0 atom stereocenters. The molecule has 0 bridgehead atoms. The summed E-state index contributed by atoms with van der Waals surface area (Å²) in [6.45, 7) is 4.50. The van der Waals surface area contributed by atoms with Crippen LogP contribution in [0.1, 0.15) is 9.80 Å². The van der Waals surface area contributed by atoms with Crippen molar-refractivity contribution in [1.82, 2.24) is 29.2 Å². The average molecular weight is 396 g/mol. The van der Waals surface area contributed by atoms with Crippen LogP contribution in [0, 0.1) is 0 Å². The predicted octanol–water partition coefficient (Wildman–Crippen LogP) is 1.60. The summed E-state index contributed by atoms with van der Waals surface area (Å²) in [5.41, 5.74) is 1.67. The Morgan fingerprint density at radius 1 is 1.00 bits per heavy atom. The van der Waals surface area contributed by atoms with E-state index in [0.717, 1.165) is 24.1 Å². The molecule has 2 fully saturated rings. The summed E-state index contributed by atoms with van der Waals surface area (Å²) in [7, 11) is 0. The first-order valence-corrected chi connectivity index (χ1v) is 10.2. The van der Waals surface area contributed by atoms with E-state index in [0.29, 0.717) is 37.2 Å². The van der Waals surface area contributed by atoms with Gasteiger partial charge >= 0.3 is 6.03 Å². The van der Waals surface area contributed by atoms with Crippen molar-refractivity contribution >= 4 is 34.3 Å². The van der Waals surface area contributed by atoms with E-state index in [9.17, 15) is 9.59 Å². The van der Waals surface area contributed by atoms with Gasteiger partial charge < -0.3 is 9.80 Å². The maximum absolute atomic E-state index is 12.8. The van der Waals surface area contributed by atoms with Gasteiger partial charge in [0.2, 0.25) is 0 Å². The van der Waals surface area contributed by atoms with Gasteiger partial charge in [0, 0.05) is 56.9 Å². The third-order valence-corrected chi connectivity index (χ3v) is 6.29. The lowest BCUT2D eigenvalue weighted by Crippen LogP contribution is -2.65. The minimum Gasteiger partial charge on any atom is -0.334 e. The Bertz CT molecular complexity index is 1000. The second kappa shape index (κ2) is 6.99. The van der Waals surface area contributed by atoms with Crippen LogP contribution in [-0.2, 0) is 0 Å². The number of carbonyl (C=O) groups is 2. The zero-order valence-electron chi connectivity index (χ0n) is 15.3. The van der Waals surface area contributed by atoms with Gasteiger partial charge in [-0.15, -0.1) is 11.3 Å². The SMILES string of the molecule is O=C(c1nccs1)N1CCN(C2CN(C(=O)n3cnc4ccccc43)C2)CC1. The molecule has 2 aromatic heterocycles. The molecular formula is C19H20N6O2S. The number of piperazine rings is 1. The molecule has 0 aliphatic carbocycles. The molecule has 3 aromatic rings. The van der Waals surface area contributed by atoms with E-state index in [1.54, 1.807) is 17.1 Å². The fraction of sp³-hybridized carbons (Fsp3) is 0.368. The van der Waals surface area contributed by atoms with Gasteiger partial charge in [-0.05, 0) is 12.1 Å². The largest absolute Gasteiger partial charge is 0.334 e. The Labute approximate surface area is 166 Å². The van der Waals surface area contributed by atoms with Gasteiger partial charge in [0.1, 0.15) is 6.33 Å². The average Bonchev–Trinajstić information content (AvgIpc) is 3.37. The van der Waals surface area contributed by atoms with Crippen molar-refractivity contribution in [3.8, 4) is 0 Å². The molecule has 4 heterocycles. The summed E-state index contributed by atoms with van der Waals surface area (Å²) >= 11 is 1.38. The van der Waals surface area contributed by atoms with Crippen molar-refractivity contribution in [2.45, 2.75) is 6.04 Å². The smallest absolute Gasteiger partial charge is 0.330 e. The van der Waals surface area contributed by atoms with Crippen LogP contribution >= 0.6 is 11.3 Å². The molecule has 2 saturated heterocycles. The van der Waals surface area contributed by atoms with Gasteiger partial charge in [-0.3, -0.25) is 14.3 Å². The second-order valence-electron chi connectivity index (χ2n) is 7.11. The molecule has 2 aliphatic heterocycles. The maximum atomic E-state index is 12.8. The monoisotopic (exact) mass is 396 g/mol. The fourth-order valence-corrected chi connectivity index (χ4v) is 4.46. The quantitative estimate of drug-likeness (QED) is 0.658. The van der Waals surface area contributed by atoms with Crippen LogP contribution < -0.4 is 0 Å². The molecule has 8 nitrogen and oxygen atoms in total. The summed E-state index contributed by atoms with van der Waals surface area (Å²) in [6.07, 6.45) is 3.26. The number of fused-ring (bicyclic) bond motifs is 1. The third kappa shape index (κ3) is 2.96. The molecule has 0 unspecified atom stereocenters. The molecule has 9 heteroatoms. The zero-order chi connectivity index (χ0) is 19.1.